The number of benzene rings is 1. The molecule has 1 aromatic heterocycles. The number of hydrogen-bond acceptors (Lipinski definition) is 2. The van der Waals surface area contributed by atoms with Crippen LogP contribution in [-0.4, -0.2) is 21.3 Å². The molecule has 0 amide bonds. The summed E-state index contributed by atoms with van der Waals surface area (Å²) >= 11 is 5.77. The molecule has 1 heterocycles. The molecule has 82 valence electrons. The van der Waals surface area contributed by atoms with Gasteiger partial charge < -0.3 is 5.11 Å². The number of nitrogens with one attached hydrogen (secondary N) is 1. The molecule has 0 aliphatic carbocycles. The monoisotopic (exact) mass is 236 g/mol. The highest BCUT2D eigenvalue weighted by Crippen LogP contribution is 2.20. The SMILES string of the molecule is O=C(O)Cc1cc(-c2ccc(Cl)cc2)n[nH]1. The number of rotatable bonds is 3. The van der Waals surface area contributed by atoms with Crippen molar-refractivity contribution in [3.63, 3.8) is 0 Å². The first kappa shape index (κ1) is 10.7. The van der Waals surface area contributed by atoms with E-state index in [1.54, 1.807) is 18.2 Å². The molecular weight excluding hydrogens is 228 g/mol. The van der Waals surface area contributed by atoms with Gasteiger partial charge in [-0.3, -0.25) is 9.89 Å². The molecule has 2 rings (SSSR count). The van der Waals surface area contributed by atoms with E-state index < -0.39 is 5.97 Å². The molecule has 0 saturated heterocycles. The summed E-state index contributed by atoms with van der Waals surface area (Å²) in [6.07, 6.45) is -0.0550. The minimum absolute atomic E-state index is 0.0550. The predicted molar refractivity (Wildman–Crippen MR) is 60.4 cm³/mol. The molecule has 0 aliphatic rings. The maximum atomic E-state index is 10.5. The molecular formula is C11H9ClN2O2. The van der Waals surface area contributed by atoms with Gasteiger partial charge in [-0.1, -0.05) is 23.7 Å². The molecule has 2 aromatic rings. The molecule has 4 nitrogen and oxygen atoms in total. The average molecular weight is 237 g/mol. The van der Waals surface area contributed by atoms with Gasteiger partial charge in [-0.25, -0.2) is 0 Å². The van der Waals surface area contributed by atoms with Gasteiger partial charge in [-0.2, -0.15) is 5.10 Å². The lowest BCUT2D eigenvalue weighted by Gasteiger charge is -1.94. The number of carbonyl (C=O) groups is 1. The van der Waals surface area contributed by atoms with Crippen LogP contribution in [0, 0.1) is 0 Å². The van der Waals surface area contributed by atoms with E-state index in [-0.39, 0.29) is 6.42 Å². The lowest BCUT2D eigenvalue weighted by Crippen LogP contribution is -1.99. The number of H-pyrrole nitrogens is 1. The second-order valence-electron chi connectivity index (χ2n) is 3.36. The Bertz CT molecular complexity index is 505. The summed E-state index contributed by atoms with van der Waals surface area (Å²) in [7, 11) is 0. The van der Waals surface area contributed by atoms with Crippen LogP contribution in [0.2, 0.25) is 5.02 Å². The Hall–Kier alpha value is -1.81. The Kier molecular flexibility index (Phi) is 2.92. The average Bonchev–Trinajstić information content (AvgIpc) is 2.66. The number of hydrogen-bond donors (Lipinski definition) is 2. The lowest BCUT2D eigenvalue weighted by atomic mass is 10.1. The van der Waals surface area contributed by atoms with Crippen LogP contribution < -0.4 is 0 Å². The van der Waals surface area contributed by atoms with Crippen LogP contribution in [-0.2, 0) is 11.2 Å². The summed E-state index contributed by atoms with van der Waals surface area (Å²) in [5.41, 5.74) is 2.20. The van der Waals surface area contributed by atoms with Gasteiger partial charge in [0.05, 0.1) is 12.1 Å². The van der Waals surface area contributed by atoms with Crippen LogP contribution in [0.5, 0.6) is 0 Å². The van der Waals surface area contributed by atoms with Crippen LogP contribution in [0.4, 0.5) is 0 Å². The molecule has 0 aliphatic heterocycles. The number of aliphatic carboxylic acids is 1. The first-order valence-corrected chi connectivity index (χ1v) is 5.05. The van der Waals surface area contributed by atoms with Gasteiger partial charge >= 0.3 is 5.97 Å². The van der Waals surface area contributed by atoms with Crippen molar-refractivity contribution in [2.24, 2.45) is 0 Å². The third-order valence-electron chi connectivity index (χ3n) is 2.11. The molecule has 2 N–H and O–H groups in total. The van der Waals surface area contributed by atoms with Crippen LogP contribution in [0.25, 0.3) is 11.3 Å². The van der Waals surface area contributed by atoms with Gasteiger partial charge in [0, 0.05) is 16.3 Å². The first-order valence-electron chi connectivity index (χ1n) is 4.67. The summed E-state index contributed by atoms with van der Waals surface area (Å²) in [4.78, 5) is 10.5. The summed E-state index contributed by atoms with van der Waals surface area (Å²) in [5.74, 6) is -0.883. The van der Waals surface area contributed by atoms with Gasteiger partial charge in [0.2, 0.25) is 0 Å². The van der Waals surface area contributed by atoms with E-state index in [1.807, 2.05) is 12.1 Å². The van der Waals surface area contributed by atoms with Crippen molar-refractivity contribution >= 4 is 17.6 Å². The topological polar surface area (TPSA) is 66.0 Å². The van der Waals surface area contributed by atoms with Crippen LogP contribution in [0.1, 0.15) is 5.69 Å². The largest absolute Gasteiger partial charge is 0.481 e. The number of carboxylic acid groups (broad SMARTS) is 1. The summed E-state index contributed by atoms with van der Waals surface area (Å²) < 4.78 is 0. The Morgan fingerprint density at radius 1 is 1.38 bits per heavy atom. The van der Waals surface area contributed by atoms with E-state index in [9.17, 15) is 4.79 Å². The molecule has 0 fully saturated rings. The van der Waals surface area contributed by atoms with Crippen LogP contribution in [0.3, 0.4) is 0 Å². The normalized spacial score (nSPS) is 10.3. The highest BCUT2D eigenvalue weighted by molar-refractivity contribution is 6.30. The Balaban J connectivity index is 2.24. The molecule has 0 spiro atoms. The van der Waals surface area contributed by atoms with E-state index in [2.05, 4.69) is 10.2 Å². The number of aromatic amines is 1. The van der Waals surface area contributed by atoms with Crippen molar-refractivity contribution in [1.82, 2.24) is 10.2 Å². The van der Waals surface area contributed by atoms with Gasteiger partial charge in [-0.15, -0.1) is 0 Å². The lowest BCUT2D eigenvalue weighted by molar-refractivity contribution is -0.136. The molecule has 5 heteroatoms. The minimum Gasteiger partial charge on any atom is -0.481 e. The van der Waals surface area contributed by atoms with Crippen molar-refractivity contribution in [2.75, 3.05) is 0 Å². The second-order valence-corrected chi connectivity index (χ2v) is 3.79. The predicted octanol–water partition coefficient (Wildman–Crippen LogP) is 2.36. The van der Waals surface area contributed by atoms with E-state index >= 15 is 0 Å². The highest BCUT2D eigenvalue weighted by Gasteiger charge is 2.06. The van der Waals surface area contributed by atoms with Crippen molar-refractivity contribution in [3.8, 4) is 11.3 Å². The summed E-state index contributed by atoms with van der Waals surface area (Å²) in [6, 6.07) is 8.92. The molecule has 0 bridgehead atoms. The van der Waals surface area contributed by atoms with E-state index in [0.717, 1.165) is 5.56 Å². The zero-order chi connectivity index (χ0) is 11.5. The zero-order valence-corrected chi connectivity index (χ0v) is 9.03. The molecule has 0 radical (unpaired) electrons. The Morgan fingerprint density at radius 3 is 2.69 bits per heavy atom. The number of nitrogens with zero attached hydrogens (tertiary/aromatic N) is 1. The van der Waals surface area contributed by atoms with Gasteiger partial charge in [-0.05, 0) is 18.2 Å². The minimum atomic E-state index is -0.883. The van der Waals surface area contributed by atoms with Gasteiger partial charge in [0.1, 0.15) is 0 Å². The van der Waals surface area contributed by atoms with Crippen molar-refractivity contribution in [1.29, 1.82) is 0 Å². The number of carboxylic acids is 1. The third-order valence-corrected chi connectivity index (χ3v) is 2.36. The summed E-state index contributed by atoms with van der Waals surface area (Å²) in [5, 5.41) is 16.0. The van der Waals surface area contributed by atoms with Gasteiger partial charge in [0.15, 0.2) is 0 Å². The fourth-order valence-corrected chi connectivity index (χ4v) is 1.51. The second kappa shape index (κ2) is 4.37. The van der Waals surface area contributed by atoms with Gasteiger partial charge in [0.25, 0.3) is 0 Å². The highest BCUT2D eigenvalue weighted by atomic mass is 35.5. The quantitative estimate of drug-likeness (QED) is 0.860. The Labute approximate surface area is 96.9 Å². The fourth-order valence-electron chi connectivity index (χ4n) is 1.38. The number of aromatic nitrogens is 2. The van der Waals surface area contributed by atoms with Crippen molar-refractivity contribution in [3.05, 3.63) is 41.0 Å². The molecule has 1 aromatic carbocycles. The number of halogens is 1. The van der Waals surface area contributed by atoms with E-state index in [1.165, 1.54) is 0 Å². The third kappa shape index (κ3) is 2.41. The molecule has 0 atom stereocenters. The molecule has 0 unspecified atom stereocenters. The maximum absolute atomic E-state index is 10.5. The fraction of sp³-hybridized carbons (Fsp3) is 0.0909. The van der Waals surface area contributed by atoms with Crippen molar-refractivity contribution < 1.29 is 9.90 Å². The van der Waals surface area contributed by atoms with E-state index in [0.29, 0.717) is 16.4 Å². The van der Waals surface area contributed by atoms with Crippen LogP contribution >= 0.6 is 11.6 Å². The van der Waals surface area contributed by atoms with Crippen LogP contribution in [0.15, 0.2) is 30.3 Å². The standard InChI is InChI=1S/C11H9ClN2O2/c12-8-3-1-7(2-4-8)10-5-9(13-14-10)6-11(15)16/h1-5H,6H2,(H,13,14)(H,15,16). The molecule has 16 heavy (non-hydrogen) atoms. The van der Waals surface area contributed by atoms with E-state index in [4.69, 9.17) is 16.7 Å². The summed E-state index contributed by atoms with van der Waals surface area (Å²) in [6.45, 7) is 0. The Morgan fingerprint density at radius 2 is 2.06 bits per heavy atom. The maximum Gasteiger partial charge on any atom is 0.309 e. The molecule has 0 saturated carbocycles. The first-order chi connectivity index (χ1) is 7.65. The van der Waals surface area contributed by atoms with Crippen molar-refractivity contribution in [2.45, 2.75) is 6.42 Å². The smallest absolute Gasteiger partial charge is 0.309 e. The zero-order valence-electron chi connectivity index (χ0n) is 8.27.